The smallest absolute Gasteiger partial charge is 0.251 e. The first kappa shape index (κ1) is 15.4. The van der Waals surface area contributed by atoms with Gasteiger partial charge in [-0.2, -0.15) is 5.26 Å². The lowest BCUT2D eigenvalue weighted by atomic mass is 9.99. The van der Waals surface area contributed by atoms with Crippen molar-refractivity contribution in [1.82, 2.24) is 5.32 Å². The minimum Gasteiger partial charge on any atom is -0.349 e. The lowest BCUT2D eigenvalue weighted by Crippen LogP contribution is -2.37. The van der Waals surface area contributed by atoms with Crippen molar-refractivity contribution in [3.05, 3.63) is 45.8 Å². The molecule has 1 aromatic rings. The number of benzene rings is 1. The number of nitrogens with one attached hydrogen (secondary N) is 1. The fourth-order valence-corrected chi connectivity index (χ4v) is 4.05. The van der Waals surface area contributed by atoms with E-state index in [1.165, 1.54) is 0 Å². The molecule has 0 saturated heterocycles. The van der Waals surface area contributed by atoms with Crippen molar-refractivity contribution in [2.45, 2.75) is 38.3 Å². The summed E-state index contributed by atoms with van der Waals surface area (Å²) < 4.78 is 0. The van der Waals surface area contributed by atoms with Crippen LogP contribution in [-0.2, 0) is 0 Å². The molecule has 5 atom stereocenters. The van der Waals surface area contributed by atoms with Crippen LogP contribution < -0.4 is 5.32 Å². The van der Waals surface area contributed by atoms with E-state index in [1.54, 1.807) is 24.3 Å². The van der Waals surface area contributed by atoms with Crippen molar-refractivity contribution >= 4 is 5.91 Å². The highest BCUT2D eigenvalue weighted by atomic mass is 16.1. The van der Waals surface area contributed by atoms with Gasteiger partial charge < -0.3 is 5.32 Å². The maximum atomic E-state index is 12.4. The Balaban J connectivity index is 1.59. The first-order chi connectivity index (χ1) is 11.2. The number of azide groups is 1. The van der Waals surface area contributed by atoms with Crippen LogP contribution in [0.25, 0.3) is 10.4 Å². The van der Waals surface area contributed by atoms with Crippen molar-refractivity contribution < 1.29 is 4.79 Å². The molecule has 0 bridgehead atoms. The maximum Gasteiger partial charge on any atom is 0.251 e. The Labute approximate surface area is 135 Å². The Morgan fingerprint density at radius 3 is 2.61 bits per heavy atom. The number of amides is 1. The molecule has 2 fully saturated rings. The molecule has 23 heavy (non-hydrogen) atoms. The summed E-state index contributed by atoms with van der Waals surface area (Å²) in [5.41, 5.74) is 9.65. The molecule has 0 radical (unpaired) electrons. The minimum absolute atomic E-state index is 0.0853. The monoisotopic (exact) mass is 309 g/mol. The zero-order chi connectivity index (χ0) is 16.4. The normalized spacial score (nSPS) is 28.9. The Kier molecular flexibility index (Phi) is 4.22. The van der Waals surface area contributed by atoms with Crippen LogP contribution in [0.3, 0.4) is 0 Å². The molecule has 0 spiro atoms. The quantitative estimate of drug-likeness (QED) is 0.512. The molecule has 2 saturated carbocycles. The average Bonchev–Trinajstić information content (AvgIpc) is 3.07. The highest BCUT2D eigenvalue weighted by Gasteiger charge is 2.58. The summed E-state index contributed by atoms with van der Waals surface area (Å²) in [6, 6.07) is 9.04. The highest BCUT2D eigenvalue weighted by molar-refractivity contribution is 5.94. The van der Waals surface area contributed by atoms with Gasteiger partial charge in [0, 0.05) is 22.6 Å². The summed E-state index contributed by atoms with van der Waals surface area (Å²) in [7, 11) is 0. The van der Waals surface area contributed by atoms with E-state index in [0.29, 0.717) is 28.9 Å². The van der Waals surface area contributed by atoms with Crippen LogP contribution in [0, 0.1) is 29.1 Å². The molecule has 6 heteroatoms. The molecule has 0 aromatic heterocycles. The van der Waals surface area contributed by atoms with Crippen molar-refractivity contribution in [1.29, 1.82) is 5.26 Å². The first-order valence-electron chi connectivity index (χ1n) is 8.03. The summed E-state index contributed by atoms with van der Waals surface area (Å²) in [5.74, 6) is 1.58. The zero-order valence-corrected chi connectivity index (χ0v) is 13.0. The summed E-state index contributed by atoms with van der Waals surface area (Å²) in [5, 5.41) is 15.8. The zero-order valence-electron chi connectivity index (χ0n) is 13.0. The third-order valence-corrected chi connectivity index (χ3v) is 5.20. The van der Waals surface area contributed by atoms with Gasteiger partial charge in [0.05, 0.1) is 11.6 Å². The van der Waals surface area contributed by atoms with E-state index in [1.807, 2.05) is 6.07 Å². The fraction of sp³-hybridized carbons (Fsp3) is 0.529. The molecule has 0 heterocycles. The topological polar surface area (TPSA) is 102 Å². The molecule has 1 N–H and O–H groups in total. The van der Waals surface area contributed by atoms with Gasteiger partial charge in [-0.25, -0.2) is 0 Å². The van der Waals surface area contributed by atoms with E-state index >= 15 is 0 Å². The number of hydrogen-bond donors (Lipinski definition) is 1. The Bertz CT molecular complexity index is 674. The van der Waals surface area contributed by atoms with Gasteiger partial charge in [-0.05, 0) is 66.8 Å². The lowest BCUT2D eigenvalue weighted by molar-refractivity contribution is 0.0927. The van der Waals surface area contributed by atoms with Crippen molar-refractivity contribution in [3.8, 4) is 6.07 Å². The fourth-order valence-electron chi connectivity index (χ4n) is 4.05. The van der Waals surface area contributed by atoms with E-state index in [0.717, 1.165) is 19.3 Å². The first-order valence-corrected chi connectivity index (χ1v) is 8.03. The number of carbonyl (C=O) groups is 1. The molecule has 2 unspecified atom stereocenters. The number of rotatable bonds is 5. The van der Waals surface area contributed by atoms with Crippen LogP contribution in [0.1, 0.15) is 42.1 Å². The standard InChI is InChI=1S/C17H19N5O/c1-2-15(16-13-7-12(21-22-19)8-14(13)16)20-17(23)11-5-3-10(9-18)4-6-11/h3-6,12-16H,2,7-8H2,1H3,(H,20,23)/t12?,13-,14+,15-,16?/m1/s1. The molecule has 6 nitrogen and oxygen atoms in total. The number of carbonyl (C=O) groups excluding carboxylic acids is 1. The molecular weight excluding hydrogens is 290 g/mol. The second-order valence-corrected chi connectivity index (χ2v) is 6.41. The number of hydrogen-bond acceptors (Lipinski definition) is 3. The van der Waals surface area contributed by atoms with Gasteiger partial charge in [0.15, 0.2) is 0 Å². The second kappa shape index (κ2) is 6.31. The lowest BCUT2D eigenvalue weighted by Gasteiger charge is -2.20. The van der Waals surface area contributed by atoms with Crippen molar-refractivity contribution in [2.75, 3.05) is 0 Å². The molecular formula is C17H19N5O. The summed E-state index contributed by atoms with van der Waals surface area (Å²) in [4.78, 5) is 15.3. The van der Waals surface area contributed by atoms with Crippen LogP contribution >= 0.6 is 0 Å². The predicted octanol–water partition coefficient (Wildman–Crippen LogP) is 3.40. The number of nitriles is 1. The third-order valence-electron chi connectivity index (χ3n) is 5.20. The second-order valence-electron chi connectivity index (χ2n) is 6.41. The van der Waals surface area contributed by atoms with E-state index in [2.05, 4.69) is 22.3 Å². The summed E-state index contributed by atoms with van der Waals surface area (Å²) in [6.07, 6.45) is 2.79. The van der Waals surface area contributed by atoms with Crippen LogP contribution in [0.2, 0.25) is 0 Å². The van der Waals surface area contributed by atoms with E-state index in [-0.39, 0.29) is 18.0 Å². The summed E-state index contributed by atoms with van der Waals surface area (Å²) >= 11 is 0. The Hall–Kier alpha value is -2.51. The van der Waals surface area contributed by atoms with Gasteiger partial charge in [-0.1, -0.05) is 12.0 Å². The van der Waals surface area contributed by atoms with Crippen LogP contribution in [-0.4, -0.2) is 18.0 Å². The average molecular weight is 309 g/mol. The largest absolute Gasteiger partial charge is 0.349 e. The molecule has 2 aliphatic carbocycles. The molecule has 1 aromatic carbocycles. The number of nitrogens with zero attached hydrogens (tertiary/aromatic N) is 4. The molecule has 0 aliphatic heterocycles. The van der Waals surface area contributed by atoms with E-state index in [9.17, 15) is 4.79 Å². The van der Waals surface area contributed by atoms with Crippen LogP contribution in [0.5, 0.6) is 0 Å². The SMILES string of the molecule is CC[C@@H](NC(=O)c1ccc(C#N)cc1)C1[C@H]2CC(N=[N+]=[N-])C[C@@H]12. The Morgan fingerprint density at radius 1 is 1.43 bits per heavy atom. The highest BCUT2D eigenvalue weighted by Crippen LogP contribution is 2.60. The van der Waals surface area contributed by atoms with Crippen molar-refractivity contribution in [3.63, 3.8) is 0 Å². The van der Waals surface area contributed by atoms with Gasteiger partial charge in [0.25, 0.3) is 5.91 Å². The molecule has 118 valence electrons. The third kappa shape index (κ3) is 3.01. The van der Waals surface area contributed by atoms with Gasteiger partial charge in [0.1, 0.15) is 0 Å². The van der Waals surface area contributed by atoms with Crippen molar-refractivity contribution in [2.24, 2.45) is 22.9 Å². The van der Waals surface area contributed by atoms with Gasteiger partial charge >= 0.3 is 0 Å². The maximum absolute atomic E-state index is 12.4. The van der Waals surface area contributed by atoms with E-state index < -0.39 is 0 Å². The minimum atomic E-state index is -0.0853. The predicted molar refractivity (Wildman–Crippen MR) is 85.3 cm³/mol. The van der Waals surface area contributed by atoms with E-state index in [4.69, 9.17) is 10.8 Å². The van der Waals surface area contributed by atoms with Crippen LogP contribution in [0.4, 0.5) is 0 Å². The van der Waals surface area contributed by atoms with Crippen LogP contribution in [0.15, 0.2) is 29.4 Å². The van der Waals surface area contributed by atoms with Gasteiger partial charge in [-0.3, -0.25) is 4.79 Å². The summed E-state index contributed by atoms with van der Waals surface area (Å²) in [6.45, 7) is 2.09. The van der Waals surface area contributed by atoms with Gasteiger partial charge in [0.2, 0.25) is 0 Å². The Morgan fingerprint density at radius 2 is 2.09 bits per heavy atom. The number of fused-ring (bicyclic) bond motifs is 1. The molecule has 2 aliphatic rings. The van der Waals surface area contributed by atoms with Gasteiger partial charge in [-0.15, -0.1) is 0 Å². The molecule has 3 rings (SSSR count). The molecule has 1 amide bonds.